The van der Waals surface area contributed by atoms with Crippen LogP contribution in [0.25, 0.3) is 0 Å². The first-order valence-corrected chi connectivity index (χ1v) is 6.67. The summed E-state index contributed by atoms with van der Waals surface area (Å²) in [5.74, 6) is 0.570. The normalized spacial score (nSPS) is 19.6. The molecule has 6 heteroatoms. The van der Waals surface area contributed by atoms with Crippen LogP contribution in [-0.2, 0) is 10.9 Å². The summed E-state index contributed by atoms with van der Waals surface area (Å²) in [5, 5.41) is 0. The number of imidazole rings is 1. The van der Waals surface area contributed by atoms with Crippen molar-refractivity contribution in [1.29, 1.82) is 0 Å². The van der Waals surface area contributed by atoms with Crippen molar-refractivity contribution in [2.24, 2.45) is 0 Å². The second-order valence-electron chi connectivity index (χ2n) is 5.04. The maximum absolute atomic E-state index is 12.8. The molecule has 2 rings (SSSR count). The lowest BCUT2D eigenvalue weighted by Gasteiger charge is -2.26. The molecular weight excluding hydrogens is 257 g/mol. The summed E-state index contributed by atoms with van der Waals surface area (Å²) in [4.78, 5) is 3.82. The van der Waals surface area contributed by atoms with Crippen molar-refractivity contribution in [2.45, 2.75) is 51.2 Å². The Morgan fingerprint density at radius 3 is 2.58 bits per heavy atom. The van der Waals surface area contributed by atoms with Gasteiger partial charge in [-0.15, -0.1) is 0 Å². The van der Waals surface area contributed by atoms with E-state index in [0.29, 0.717) is 19.0 Å². The monoisotopic (exact) mass is 276 g/mol. The molecule has 0 spiro atoms. The van der Waals surface area contributed by atoms with Gasteiger partial charge in [-0.25, -0.2) is 4.98 Å². The fourth-order valence-corrected chi connectivity index (χ4v) is 2.35. The minimum absolute atomic E-state index is 0.0268. The number of halogens is 3. The molecule has 108 valence electrons. The molecule has 0 aliphatic carbocycles. The molecule has 0 bridgehead atoms. The van der Waals surface area contributed by atoms with E-state index in [1.165, 1.54) is 0 Å². The summed E-state index contributed by atoms with van der Waals surface area (Å²) >= 11 is 0. The van der Waals surface area contributed by atoms with Crippen LogP contribution >= 0.6 is 0 Å². The van der Waals surface area contributed by atoms with Gasteiger partial charge in [0, 0.05) is 31.4 Å². The summed E-state index contributed by atoms with van der Waals surface area (Å²) in [6.07, 6.45) is -0.943. The van der Waals surface area contributed by atoms with E-state index in [1.807, 2.05) is 13.8 Å². The van der Waals surface area contributed by atoms with Crippen LogP contribution in [0.5, 0.6) is 0 Å². The summed E-state index contributed by atoms with van der Waals surface area (Å²) < 4.78 is 45.4. The largest absolute Gasteiger partial charge is 0.434 e. The van der Waals surface area contributed by atoms with Gasteiger partial charge in [0.1, 0.15) is 5.82 Å². The van der Waals surface area contributed by atoms with Crippen LogP contribution in [0.1, 0.15) is 56.6 Å². The van der Waals surface area contributed by atoms with Crippen molar-refractivity contribution in [3.63, 3.8) is 0 Å². The first-order valence-electron chi connectivity index (χ1n) is 6.67. The lowest BCUT2D eigenvalue weighted by Crippen LogP contribution is -2.21. The highest BCUT2D eigenvalue weighted by Gasteiger charge is 2.36. The molecule has 1 aromatic rings. The van der Waals surface area contributed by atoms with Crippen molar-refractivity contribution in [3.05, 3.63) is 17.7 Å². The zero-order valence-corrected chi connectivity index (χ0v) is 11.2. The average Bonchev–Trinajstić information content (AvgIpc) is 2.83. The summed E-state index contributed by atoms with van der Waals surface area (Å²) in [6.45, 7) is 5.08. The van der Waals surface area contributed by atoms with E-state index in [4.69, 9.17) is 4.74 Å². The molecule has 0 N–H and O–H groups in total. The fraction of sp³-hybridized carbons (Fsp3) is 0.769. The Morgan fingerprint density at radius 1 is 1.42 bits per heavy atom. The smallest absolute Gasteiger partial charge is 0.381 e. The molecule has 1 saturated heterocycles. The van der Waals surface area contributed by atoms with E-state index < -0.39 is 11.9 Å². The molecule has 2 heterocycles. The van der Waals surface area contributed by atoms with Crippen molar-refractivity contribution in [3.8, 4) is 0 Å². The highest BCUT2D eigenvalue weighted by atomic mass is 19.4. The number of rotatable bonds is 3. The van der Waals surface area contributed by atoms with Gasteiger partial charge < -0.3 is 9.30 Å². The minimum atomic E-state index is -4.38. The summed E-state index contributed by atoms with van der Waals surface area (Å²) in [5.41, 5.74) is -0.783. The standard InChI is InChI=1S/C13H19F3N2O/c1-3-9(2)12-17-11(13(14,15)16)8-18(12)10-4-6-19-7-5-10/h8-10H,3-7H2,1-2H3. The second-order valence-corrected chi connectivity index (χ2v) is 5.04. The van der Waals surface area contributed by atoms with E-state index >= 15 is 0 Å². The number of aromatic nitrogens is 2. The number of hydrogen-bond acceptors (Lipinski definition) is 2. The third-order valence-electron chi connectivity index (χ3n) is 3.69. The Balaban J connectivity index is 2.36. The molecule has 0 aromatic carbocycles. The van der Waals surface area contributed by atoms with Crippen LogP contribution in [0.4, 0.5) is 13.2 Å². The van der Waals surface area contributed by atoms with Crippen molar-refractivity contribution >= 4 is 0 Å². The SMILES string of the molecule is CCC(C)c1nc(C(F)(F)F)cn1C1CCOCC1. The van der Waals surface area contributed by atoms with Gasteiger partial charge in [-0.1, -0.05) is 13.8 Å². The number of alkyl halides is 3. The third-order valence-corrected chi connectivity index (χ3v) is 3.69. The van der Waals surface area contributed by atoms with Crippen LogP contribution in [-0.4, -0.2) is 22.8 Å². The maximum atomic E-state index is 12.8. The van der Waals surface area contributed by atoms with Crippen LogP contribution in [0.15, 0.2) is 6.20 Å². The molecule has 0 amide bonds. The van der Waals surface area contributed by atoms with E-state index in [9.17, 15) is 13.2 Å². The van der Waals surface area contributed by atoms with Gasteiger partial charge in [0.25, 0.3) is 0 Å². The molecule has 0 radical (unpaired) electrons. The van der Waals surface area contributed by atoms with Crippen molar-refractivity contribution in [2.75, 3.05) is 13.2 Å². The van der Waals surface area contributed by atoms with Gasteiger partial charge in [0.15, 0.2) is 5.69 Å². The molecule has 1 unspecified atom stereocenters. The molecule has 1 fully saturated rings. The molecular formula is C13H19F3N2O. The molecule has 3 nitrogen and oxygen atoms in total. The summed E-state index contributed by atoms with van der Waals surface area (Å²) in [7, 11) is 0. The minimum Gasteiger partial charge on any atom is -0.381 e. The van der Waals surface area contributed by atoms with E-state index in [2.05, 4.69) is 4.98 Å². The van der Waals surface area contributed by atoms with Crippen LogP contribution in [0.2, 0.25) is 0 Å². The van der Waals surface area contributed by atoms with Crippen molar-refractivity contribution < 1.29 is 17.9 Å². The predicted octanol–water partition coefficient (Wildman–Crippen LogP) is 3.77. The Kier molecular flexibility index (Phi) is 4.18. The first kappa shape index (κ1) is 14.4. The van der Waals surface area contributed by atoms with Gasteiger partial charge in [0.2, 0.25) is 0 Å². The molecule has 1 aromatic heterocycles. The zero-order valence-electron chi connectivity index (χ0n) is 11.2. The lowest BCUT2D eigenvalue weighted by molar-refractivity contribution is -0.141. The van der Waals surface area contributed by atoms with Gasteiger partial charge in [-0.05, 0) is 19.3 Å². The lowest BCUT2D eigenvalue weighted by atomic mass is 10.1. The van der Waals surface area contributed by atoms with Crippen LogP contribution in [0.3, 0.4) is 0 Å². The quantitative estimate of drug-likeness (QED) is 0.840. The highest BCUT2D eigenvalue weighted by molar-refractivity contribution is 5.12. The van der Waals surface area contributed by atoms with Gasteiger partial charge >= 0.3 is 6.18 Å². The van der Waals surface area contributed by atoms with Crippen molar-refractivity contribution in [1.82, 2.24) is 9.55 Å². The number of ether oxygens (including phenoxy) is 1. The van der Waals surface area contributed by atoms with E-state index in [1.54, 1.807) is 4.57 Å². The van der Waals surface area contributed by atoms with Crippen LogP contribution in [0, 0.1) is 0 Å². The van der Waals surface area contributed by atoms with E-state index in [0.717, 1.165) is 25.5 Å². The second kappa shape index (κ2) is 5.53. The Hall–Kier alpha value is -1.04. The molecule has 1 atom stereocenters. The third kappa shape index (κ3) is 3.11. The summed E-state index contributed by atoms with van der Waals surface area (Å²) in [6, 6.07) is 0.0707. The molecule has 1 aliphatic rings. The topological polar surface area (TPSA) is 27.1 Å². The zero-order chi connectivity index (χ0) is 14.0. The maximum Gasteiger partial charge on any atom is 0.434 e. The van der Waals surface area contributed by atoms with Gasteiger partial charge in [-0.3, -0.25) is 0 Å². The Morgan fingerprint density at radius 2 is 2.05 bits per heavy atom. The Bertz CT molecular complexity index is 422. The predicted molar refractivity (Wildman–Crippen MR) is 65.0 cm³/mol. The first-order chi connectivity index (χ1) is 8.93. The van der Waals surface area contributed by atoms with Crippen LogP contribution < -0.4 is 0 Å². The highest BCUT2D eigenvalue weighted by Crippen LogP contribution is 2.34. The molecule has 19 heavy (non-hydrogen) atoms. The molecule has 0 saturated carbocycles. The van der Waals surface area contributed by atoms with E-state index in [-0.39, 0.29) is 12.0 Å². The molecule has 1 aliphatic heterocycles. The fourth-order valence-electron chi connectivity index (χ4n) is 2.35. The number of nitrogens with zero attached hydrogens (tertiary/aromatic N) is 2. The average molecular weight is 276 g/mol. The number of hydrogen-bond donors (Lipinski definition) is 0. The van der Waals surface area contributed by atoms with Gasteiger partial charge in [0.05, 0.1) is 0 Å². The Labute approximate surface area is 110 Å². The van der Waals surface area contributed by atoms with Gasteiger partial charge in [-0.2, -0.15) is 13.2 Å².